The topological polar surface area (TPSA) is 57.7 Å². The fourth-order valence-electron chi connectivity index (χ4n) is 3.11. The molecule has 1 amide bonds. The fourth-order valence-corrected chi connectivity index (χ4v) is 3.11. The highest BCUT2D eigenvalue weighted by molar-refractivity contribution is 5.98. The van der Waals surface area contributed by atoms with Crippen molar-refractivity contribution in [2.24, 2.45) is 0 Å². The van der Waals surface area contributed by atoms with E-state index in [2.05, 4.69) is 6.07 Å². The number of ether oxygens (including phenoxy) is 1. The van der Waals surface area contributed by atoms with E-state index in [1.165, 1.54) is 0 Å². The van der Waals surface area contributed by atoms with E-state index in [-0.39, 0.29) is 5.91 Å². The summed E-state index contributed by atoms with van der Waals surface area (Å²) in [6.45, 7) is 0.915. The molecule has 0 radical (unpaired) electrons. The molecule has 0 saturated carbocycles. The third kappa shape index (κ3) is 2.20. The lowest BCUT2D eigenvalue weighted by molar-refractivity contribution is 0.0816. The van der Waals surface area contributed by atoms with Crippen LogP contribution in [0, 0.1) is 11.3 Å². The van der Waals surface area contributed by atoms with Crippen molar-refractivity contribution in [3.05, 3.63) is 71.0 Å². The maximum atomic E-state index is 11.9. The van der Waals surface area contributed by atoms with Gasteiger partial charge >= 0.3 is 0 Å². The summed E-state index contributed by atoms with van der Waals surface area (Å²) in [5.74, 6) is 0.748. The molecule has 5 heteroatoms. The lowest BCUT2D eigenvalue weighted by Crippen LogP contribution is -2.17. The van der Waals surface area contributed by atoms with Crippen LogP contribution in [0.3, 0.4) is 0 Å². The van der Waals surface area contributed by atoms with Crippen molar-refractivity contribution in [2.45, 2.75) is 13.2 Å². The third-order valence-corrected chi connectivity index (χ3v) is 4.33. The summed E-state index contributed by atoms with van der Waals surface area (Å²) in [6, 6.07) is 13.5. The summed E-state index contributed by atoms with van der Waals surface area (Å²) < 4.78 is 7.79. The molecule has 1 aromatic carbocycles. The highest BCUT2D eigenvalue weighted by atomic mass is 16.5. The smallest absolute Gasteiger partial charge is 0.254 e. The van der Waals surface area contributed by atoms with Gasteiger partial charge in [0.25, 0.3) is 5.91 Å². The predicted molar refractivity (Wildman–Crippen MR) is 88.7 cm³/mol. The van der Waals surface area contributed by atoms with Gasteiger partial charge < -0.3 is 14.0 Å². The Hall–Kier alpha value is -3.26. The van der Waals surface area contributed by atoms with Crippen LogP contribution in [0.15, 0.2) is 48.8 Å². The van der Waals surface area contributed by atoms with Crippen molar-refractivity contribution >= 4 is 11.4 Å². The first kappa shape index (κ1) is 14.3. The summed E-state index contributed by atoms with van der Waals surface area (Å²) in [4.78, 5) is 13.6. The molecule has 24 heavy (non-hydrogen) atoms. The second kappa shape index (κ2) is 5.43. The Morgan fingerprint density at radius 1 is 1.29 bits per heavy atom. The fraction of sp³-hybridized carbons (Fsp3) is 0.158. The first-order valence-corrected chi connectivity index (χ1v) is 7.67. The summed E-state index contributed by atoms with van der Waals surface area (Å²) in [7, 11) is 1.79. The normalized spacial score (nSPS) is 13.2. The second-order valence-electron chi connectivity index (χ2n) is 5.90. The second-order valence-corrected chi connectivity index (χ2v) is 5.90. The van der Waals surface area contributed by atoms with Crippen LogP contribution >= 0.6 is 0 Å². The van der Waals surface area contributed by atoms with Crippen molar-refractivity contribution in [1.29, 1.82) is 5.26 Å². The molecular weight excluding hydrogens is 302 g/mol. The SMILES string of the molecule is CN1Cc2cc(OCc3cn4ccccc4c3C#N)ccc2C1=O. The van der Waals surface area contributed by atoms with Gasteiger partial charge in [0.05, 0.1) is 11.1 Å². The molecule has 0 unspecified atom stereocenters. The van der Waals surface area contributed by atoms with Crippen LogP contribution in [-0.2, 0) is 13.2 Å². The van der Waals surface area contributed by atoms with Crippen LogP contribution in [-0.4, -0.2) is 22.3 Å². The van der Waals surface area contributed by atoms with Crippen LogP contribution in [0.5, 0.6) is 5.75 Å². The average Bonchev–Trinajstić information content (AvgIpc) is 3.10. The maximum Gasteiger partial charge on any atom is 0.254 e. The Bertz CT molecular complexity index is 998. The van der Waals surface area contributed by atoms with Gasteiger partial charge in [0.2, 0.25) is 0 Å². The van der Waals surface area contributed by atoms with Crippen LogP contribution < -0.4 is 4.74 Å². The lowest BCUT2D eigenvalue weighted by atomic mass is 10.1. The summed E-state index contributed by atoms with van der Waals surface area (Å²) in [5, 5.41) is 9.43. The molecule has 1 aliphatic heterocycles. The zero-order valence-electron chi connectivity index (χ0n) is 13.2. The molecule has 4 rings (SSSR count). The van der Waals surface area contributed by atoms with E-state index >= 15 is 0 Å². The van der Waals surface area contributed by atoms with Crippen molar-refractivity contribution < 1.29 is 9.53 Å². The van der Waals surface area contributed by atoms with Gasteiger partial charge in [0.1, 0.15) is 18.4 Å². The number of rotatable bonds is 3. The minimum absolute atomic E-state index is 0.0435. The molecule has 118 valence electrons. The number of carbonyl (C=O) groups excluding carboxylic acids is 1. The van der Waals surface area contributed by atoms with Gasteiger partial charge in [0, 0.05) is 37.1 Å². The maximum absolute atomic E-state index is 11.9. The van der Waals surface area contributed by atoms with Crippen LogP contribution in [0.4, 0.5) is 0 Å². The van der Waals surface area contributed by atoms with E-state index in [9.17, 15) is 10.1 Å². The van der Waals surface area contributed by atoms with E-state index in [0.717, 1.165) is 22.2 Å². The van der Waals surface area contributed by atoms with Gasteiger partial charge in [-0.2, -0.15) is 5.26 Å². The number of hydrogen-bond donors (Lipinski definition) is 0. The first-order chi connectivity index (χ1) is 11.7. The van der Waals surface area contributed by atoms with Gasteiger partial charge in [-0.25, -0.2) is 0 Å². The van der Waals surface area contributed by atoms with E-state index in [0.29, 0.717) is 24.5 Å². The molecule has 0 spiro atoms. The monoisotopic (exact) mass is 317 g/mol. The predicted octanol–water partition coefficient (Wildman–Crippen LogP) is 2.98. The van der Waals surface area contributed by atoms with Crippen molar-refractivity contribution in [1.82, 2.24) is 9.30 Å². The van der Waals surface area contributed by atoms with E-state index in [1.54, 1.807) is 24.1 Å². The van der Waals surface area contributed by atoms with Gasteiger partial charge in [-0.1, -0.05) is 6.07 Å². The first-order valence-electron chi connectivity index (χ1n) is 7.67. The number of amides is 1. The number of hydrogen-bond acceptors (Lipinski definition) is 3. The number of benzene rings is 1. The zero-order chi connectivity index (χ0) is 16.7. The Morgan fingerprint density at radius 3 is 3.00 bits per heavy atom. The number of carbonyl (C=O) groups is 1. The number of fused-ring (bicyclic) bond motifs is 2. The number of nitriles is 1. The Morgan fingerprint density at radius 2 is 2.17 bits per heavy atom. The third-order valence-electron chi connectivity index (χ3n) is 4.33. The quantitative estimate of drug-likeness (QED) is 0.746. The largest absolute Gasteiger partial charge is 0.489 e. The molecule has 0 atom stereocenters. The molecule has 2 aromatic heterocycles. The molecule has 0 bridgehead atoms. The minimum Gasteiger partial charge on any atom is -0.489 e. The molecular formula is C19H15N3O2. The highest BCUT2D eigenvalue weighted by Gasteiger charge is 2.24. The van der Waals surface area contributed by atoms with Gasteiger partial charge in [-0.05, 0) is 35.9 Å². The van der Waals surface area contributed by atoms with Gasteiger partial charge in [0.15, 0.2) is 0 Å². The molecule has 3 heterocycles. The van der Waals surface area contributed by atoms with Crippen LogP contribution in [0.2, 0.25) is 0 Å². The lowest BCUT2D eigenvalue weighted by Gasteiger charge is -2.06. The summed E-state index contributed by atoms with van der Waals surface area (Å²) in [6.07, 6.45) is 3.83. The molecule has 0 aliphatic carbocycles. The highest BCUT2D eigenvalue weighted by Crippen LogP contribution is 2.27. The van der Waals surface area contributed by atoms with E-state index in [1.807, 2.05) is 41.1 Å². The molecule has 3 aromatic rings. The van der Waals surface area contributed by atoms with Crippen molar-refractivity contribution in [2.75, 3.05) is 7.05 Å². The van der Waals surface area contributed by atoms with Crippen molar-refractivity contribution in [3.8, 4) is 11.8 Å². The van der Waals surface area contributed by atoms with E-state index in [4.69, 9.17) is 4.74 Å². The Balaban J connectivity index is 1.59. The van der Waals surface area contributed by atoms with Crippen LogP contribution in [0.25, 0.3) is 5.52 Å². The number of aromatic nitrogens is 1. The standard InChI is InChI=1S/C19H15N3O2/c1-21-10-13-8-15(5-6-16(13)19(21)23)24-12-14-11-22-7-3-2-4-18(22)17(14)9-20/h2-8,11H,10,12H2,1H3. The minimum atomic E-state index is 0.0435. The van der Waals surface area contributed by atoms with Crippen LogP contribution in [0.1, 0.15) is 27.0 Å². The van der Waals surface area contributed by atoms with E-state index < -0.39 is 0 Å². The average molecular weight is 317 g/mol. The molecule has 1 aliphatic rings. The molecule has 0 fully saturated rings. The zero-order valence-corrected chi connectivity index (χ0v) is 13.2. The molecule has 5 nitrogen and oxygen atoms in total. The summed E-state index contributed by atoms with van der Waals surface area (Å²) >= 11 is 0. The molecule has 0 saturated heterocycles. The Labute approximate surface area is 139 Å². The Kier molecular flexibility index (Phi) is 3.24. The van der Waals surface area contributed by atoms with Crippen molar-refractivity contribution in [3.63, 3.8) is 0 Å². The molecule has 0 N–H and O–H groups in total. The van der Waals surface area contributed by atoms with Gasteiger partial charge in [-0.3, -0.25) is 4.79 Å². The number of pyridine rings is 1. The number of nitrogens with zero attached hydrogens (tertiary/aromatic N) is 3. The van der Waals surface area contributed by atoms with Gasteiger partial charge in [-0.15, -0.1) is 0 Å². The summed E-state index contributed by atoms with van der Waals surface area (Å²) in [5.41, 5.74) is 4.06.